The smallest absolute Gasteiger partial charge is 0.274 e. The lowest BCUT2D eigenvalue weighted by Crippen LogP contribution is -2.31. The monoisotopic (exact) mass is 366 g/mol. The number of anilines is 2. The highest BCUT2D eigenvalue weighted by molar-refractivity contribution is 6.33. The van der Waals surface area contributed by atoms with E-state index in [1.807, 2.05) is 55.5 Å². The summed E-state index contributed by atoms with van der Waals surface area (Å²) < 4.78 is 0. The van der Waals surface area contributed by atoms with Gasteiger partial charge in [-0.05, 0) is 36.8 Å². The zero-order valence-corrected chi connectivity index (χ0v) is 15.1. The van der Waals surface area contributed by atoms with Crippen molar-refractivity contribution >= 4 is 29.0 Å². The minimum atomic E-state index is -0.145. The Kier molecular flexibility index (Phi) is 5.81. The molecule has 0 aliphatic heterocycles. The molecule has 3 rings (SSSR count). The van der Waals surface area contributed by atoms with Crippen LogP contribution in [0.3, 0.4) is 0 Å². The molecule has 3 aromatic rings. The summed E-state index contributed by atoms with van der Waals surface area (Å²) in [6, 6.07) is 20.6. The summed E-state index contributed by atoms with van der Waals surface area (Å²) in [6.45, 7) is 3.08. The van der Waals surface area contributed by atoms with Gasteiger partial charge in [-0.15, -0.1) is 10.2 Å². The van der Waals surface area contributed by atoms with Crippen molar-refractivity contribution in [2.45, 2.75) is 13.5 Å². The van der Waals surface area contributed by atoms with E-state index in [0.29, 0.717) is 29.6 Å². The van der Waals surface area contributed by atoms with Gasteiger partial charge in [0.25, 0.3) is 5.91 Å². The van der Waals surface area contributed by atoms with Crippen LogP contribution in [-0.2, 0) is 6.54 Å². The van der Waals surface area contributed by atoms with E-state index in [4.69, 9.17) is 11.6 Å². The number of halogens is 1. The Morgan fingerprint density at radius 3 is 2.38 bits per heavy atom. The zero-order chi connectivity index (χ0) is 18.4. The normalized spacial score (nSPS) is 10.4. The van der Waals surface area contributed by atoms with Gasteiger partial charge in [0.2, 0.25) is 0 Å². The second kappa shape index (κ2) is 8.45. The average molecular weight is 367 g/mol. The van der Waals surface area contributed by atoms with Crippen LogP contribution in [0.15, 0.2) is 66.7 Å². The standard InChI is InChI=1S/C20H19ClN4O/c1-2-25(14-15-8-4-3-5-9-15)20(26)18-12-13-19(24-23-18)22-17-11-7-6-10-16(17)21/h3-13H,2,14H2,1H3,(H,22,24). The van der Waals surface area contributed by atoms with Crippen LogP contribution in [0.5, 0.6) is 0 Å². The van der Waals surface area contributed by atoms with Crippen LogP contribution in [0.25, 0.3) is 0 Å². The van der Waals surface area contributed by atoms with Crippen LogP contribution >= 0.6 is 11.6 Å². The molecule has 0 aliphatic rings. The molecular weight excluding hydrogens is 348 g/mol. The minimum Gasteiger partial charge on any atom is -0.338 e. The van der Waals surface area contributed by atoms with Crippen LogP contribution in [0.2, 0.25) is 5.02 Å². The van der Waals surface area contributed by atoms with E-state index in [0.717, 1.165) is 11.3 Å². The van der Waals surface area contributed by atoms with Gasteiger partial charge in [0.15, 0.2) is 11.5 Å². The van der Waals surface area contributed by atoms with Crippen molar-refractivity contribution in [1.29, 1.82) is 0 Å². The molecule has 0 spiro atoms. The van der Waals surface area contributed by atoms with Gasteiger partial charge in [0, 0.05) is 13.1 Å². The molecule has 0 radical (unpaired) electrons. The highest BCUT2D eigenvalue weighted by Gasteiger charge is 2.16. The first kappa shape index (κ1) is 17.9. The highest BCUT2D eigenvalue weighted by atomic mass is 35.5. The predicted octanol–water partition coefficient (Wildman–Crippen LogP) is 4.54. The molecule has 1 amide bonds. The Morgan fingerprint density at radius 2 is 1.73 bits per heavy atom. The number of aromatic nitrogens is 2. The first-order valence-electron chi connectivity index (χ1n) is 8.36. The summed E-state index contributed by atoms with van der Waals surface area (Å²) in [5, 5.41) is 11.8. The SMILES string of the molecule is CCN(Cc1ccccc1)C(=O)c1ccc(Nc2ccccc2Cl)nn1. The minimum absolute atomic E-state index is 0.145. The zero-order valence-electron chi connectivity index (χ0n) is 14.4. The van der Waals surface area contributed by atoms with Crippen LogP contribution in [-0.4, -0.2) is 27.5 Å². The summed E-state index contributed by atoms with van der Waals surface area (Å²) in [6.07, 6.45) is 0. The van der Waals surface area contributed by atoms with E-state index in [1.165, 1.54) is 0 Å². The third kappa shape index (κ3) is 4.37. The molecule has 1 heterocycles. The molecule has 1 aromatic heterocycles. The summed E-state index contributed by atoms with van der Waals surface area (Å²) in [5.41, 5.74) is 2.13. The maximum Gasteiger partial charge on any atom is 0.274 e. The molecule has 0 atom stereocenters. The third-order valence-electron chi connectivity index (χ3n) is 3.91. The summed E-state index contributed by atoms with van der Waals surface area (Å²) in [5.74, 6) is 0.383. The number of nitrogens with one attached hydrogen (secondary N) is 1. The Balaban J connectivity index is 1.70. The molecule has 0 saturated carbocycles. The molecule has 2 aromatic carbocycles. The van der Waals surface area contributed by atoms with Crippen LogP contribution in [0.4, 0.5) is 11.5 Å². The van der Waals surface area contributed by atoms with Crippen molar-refractivity contribution < 1.29 is 4.79 Å². The fourth-order valence-electron chi connectivity index (χ4n) is 2.51. The molecule has 0 aliphatic carbocycles. The summed E-state index contributed by atoms with van der Waals surface area (Å²) in [4.78, 5) is 14.4. The molecular formula is C20H19ClN4O. The van der Waals surface area contributed by atoms with Crippen LogP contribution < -0.4 is 5.32 Å². The van der Waals surface area contributed by atoms with Gasteiger partial charge in [0.1, 0.15) is 0 Å². The van der Waals surface area contributed by atoms with Crippen molar-refractivity contribution in [1.82, 2.24) is 15.1 Å². The molecule has 0 bridgehead atoms. The van der Waals surface area contributed by atoms with Crippen molar-refractivity contribution in [3.63, 3.8) is 0 Å². The number of nitrogens with zero attached hydrogens (tertiary/aromatic N) is 3. The van der Waals surface area contributed by atoms with E-state index in [-0.39, 0.29) is 5.91 Å². The number of hydrogen-bond donors (Lipinski definition) is 1. The number of para-hydroxylation sites is 1. The Hall–Kier alpha value is -2.92. The molecule has 6 heteroatoms. The fourth-order valence-corrected chi connectivity index (χ4v) is 2.69. The lowest BCUT2D eigenvalue weighted by atomic mass is 10.2. The fraction of sp³-hybridized carbons (Fsp3) is 0.150. The summed E-state index contributed by atoms with van der Waals surface area (Å²) in [7, 11) is 0. The Labute approximate surface area is 157 Å². The maximum absolute atomic E-state index is 12.7. The van der Waals surface area contributed by atoms with Crippen molar-refractivity contribution in [2.24, 2.45) is 0 Å². The van der Waals surface area contributed by atoms with Crippen LogP contribution in [0.1, 0.15) is 23.0 Å². The van der Waals surface area contributed by atoms with Crippen molar-refractivity contribution in [2.75, 3.05) is 11.9 Å². The maximum atomic E-state index is 12.7. The second-order valence-corrected chi connectivity index (χ2v) is 6.12. The predicted molar refractivity (Wildman–Crippen MR) is 104 cm³/mol. The number of hydrogen-bond acceptors (Lipinski definition) is 4. The Morgan fingerprint density at radius 1 is 1.00 bits per heavy atom. The molecule has 1 N–H and O–H groups in total. The van der Waals surface area contributed by atoms with Crippen molar-refractivity contribution in [3.05, 3.63) is 83.0 Å². The number of carbonyl (C=O) groups excluding carboxylic acids is 1. The van der Waals surface area contributed by atoms with Gasteiger partial charge < -0.3 is 10.2 Å². The van der Waals surface area contributed by atoms with Gasteiger partial charge in [0.05, 0.1) is 10.7 Å². The number of amides is 1. The molecule has 132 valence electrons. The quantitative estimate of drug-likeness (QED) is 0.696. The molecule has 5 nitrogen and oxygen atoms in total. The van der Waals surface area contributed by atoms with E-state index in [9.17, 15) is 4.79 Å². The molecule has 0 fully saturated rings. The highest BCUT2D eigenvalue weighted by Crippen LogP contribution is 2.23. The van der Waals surface area contributed by atoms with Gasteiger partial charge >= 0.3 is 0 Å². The average Bonchev–Trinajstić information content (AvgIpc) is 2.69. The van der Waals surface area contributed by atoms with E-state index in [2.05, 4.69) is 15.5 Å². The lowest BCUT2D eigenvalue weighted by Gasteiger charge is -2.20. The van der Waals surface area contributed by atoms with Gasteiger partial charge in [-0.3, -0.25) is 4.79 Å². The topological polar surface area (TPSA) is 58.1 Å². The van der Waals surface area contributed by atoms with E-state index in [1.54, 1.807) is 23.1 Å². The number of benzene rings is 2. The lowest BCUT2D eigenvalue weighted by molar-refractivity contribution is 0.0745. The number of carbonyl (C=O) groups is 1. The first-order valence-corrected chi connectivity index (χ1v) is 8.73. The molecule has 26 heavy (non-hydrogen) atoms. The Bertz CT molecular complexity index is 868. The van der Waals surface area contributed by atoms with Crippen molar-refractivity contribution in [3.8, 4) is 0 Å². The van der Waals surface area contributed by atoms with E-state index < -0.39 is 0 Å². The largest absolute Gasteiger partial charge is 0.338 e. The third-order valence-corrected chi connectivity index (χ3v) is 4.24. The number of rotatable bonds is 6. The molecule has 0 saturated heterocycles. The van der Waals surface area contributed by atoms with Gasteiger partial charge in [-0.2, -0.15) is 0 Å². The van der Waals surface area contributed by atoms with Gasteiger partial charge in [-0.1, -0.05) is 54.1 Å². The van der Waals surface area contributed by atoms with E-state index >= 15 is 0 Å². The van der Waals surface area contributed by atoms with Gasteiger partial charge in [-0.25, -0.2) is 0 Å². The van der Waals surface area contributed by atoms with Crippen LogP contribution in [0, 0.1) is 0 Å². The second-order valence-electron chi connectivity index (χ2n) is 5.71. The summed E-state index contributed by atoms with van der Waals surface area (Å²) >= 11 is 6.12. The molecule has 0 unspecified atom stereocenters. The first-order chi connectivity index (χ1) is 12.7.